The topological polar surface area (TPSA) is 74.0 Å². The van der Waals surface area contributed by atoms with Crippen molar-refractivity contribution < 1.29 is 19.0 Å². The maximum atomic E-state index is 12.9. The summed E-state index contributed by atoms with van der Waals surface area (Å²) in [5.41, 5.74) is 8.93. The third kappa shape index (κ3) is 5.32. The summed E-state index contributed by atoms with van der Waals surface area (Å²) in [5, 5.41) is 0. The highest BCUT2D eigenvalue weighted by Crippen LogP contribution is 2.45. The van der Waals surface area contributed by atoms with E-state index in [9.17, 15) is 4.79 Å². The maximum Gasteiger partial charge on any atom is 0.310 e. The van der Waals surface area contributed by atoms with E-state index in [4.69, 9.17) is 19.9 Å². The van der Waals surface area contributed by atoms with Crippen LogP contribution < -0.4 is 15.2 Å². The van der Waals surface area contributed by atoms with E-state index in [1.807, 2.05) is 0 Å². The average molecular weight is 459 g/mol. The lowest BCUT2D eigenvalue weighted by Crippen LogP contribution is -2.47. The number of piperidine rings is 1. The van der Waals surface area contributed by atoms with Crippen LogP contribution in [0.2, 0.25) is 0 Å². The largest absolute Gasteiger partial charge is 0.493 e. The Balaban J connectivity index is 1.51. The Bertz CT molecular complexity index is 827. The number of hydrogen-bond donors (Lipinski definition) is 1. The molecule has 5 atom stereocenters. The molecule has 1 saturated carbocycles. The minimum absolute atomic E-state index is 0.0489. The molecule has 2 aliphatic heterocycles. The van der Waals surface area contributed by atoms with Crippen molar-refractivity contribution in [1.29, 1.82) is 0 Å². The lowest BCUT2D eigenvalue weighted by molar-refractivity contribution is -0.153. The van der Waals surface area contributed by atoms with Crippen LogP contribution in [-0.4, -0.2) is 50.8 Å². The number of rotatable bonds is 7. The number of benzene rings is 1. The Morgan fingerprint density at radius 2 is 1.85 bits per heavy atom. The van der Waals surface area contributed by atoms with Crippen molar-refractivity contribution in [1.82, 2.24) is 4.90 Å². The smallest absolute Gasteiger partial charge is 0.310 e. The second kappa shape index (κ2) is 10.6. The summed E-state index contributed by atoms with van der Waals surface area (Å²) in [6.45, 7) is 7.21. The Morgan fingerprint density at radius 3 is 2.55 bits per heavy atom. The van der Waals surface area contributed by atoms with Crippen LogP contribution in [-0.2, 0) is 16.0 Å². The molecule has 1 saturated heterocycles. The Hall–Kier alpha value is -1.79. The second-order valence-corrected chi connectivity index (χ2v) is 10.7. The molecule has 33 heavy (non-hydrogen) atoms. The molecule has 0 bridgehead atoms. The van der Waals surface area contributed by atoms with Gasteiger partial charge in [0.05, 0.1) is 26.7 Å². The van der Waals surface area contributed by atoms with Crippen LogP contribution in [0.1, 0.15) is 69.5 Å². The summed E-state index contributed by atoms with van der Waals surface area (Å²) in [4.78, 5) is 15.5. The quantitative estimate of drug-likeness (QED) is 0.613. The number of carbonyl (C=O) groups is 1. The number of carbonyl (C=O) groups excluding carboxylic acids is 1. The molecule has 2 heterocycles. The zero-order valence-corrected chi connectivity index (χ0v) is 20.8. The van der Waals surface area contributed by atoms with E-state index >= 15 is 0 Å². The average Bonchev–Trinajstić information content (AvgIpc) is 2.81. The van der Waals surface area contributed by atoms with E-state index < -0.39 is 0 Å². The van der Waals surface area contributed by atoms with Crippen molar-refractivity contribution in [2.75, 3.05) is 33.9 Å². The van der Waals surface area contributed by atoms with Crippen LogP contribution in [0.25, 0.3) is 0 Å². The molecule has 6 nitrogen and oxygen atoms in total. The van der Waals surface area contributed by atoms with Crippen LogP contribution >= 0.6 is 0 Å². The first-order chi connectivity index (χ1) is 15.9. The van der Waals surface area contributed by atoms with Crippen LogP contribution in [0.3, 0.4) is 0 Å². The highest BCUT2D eigenvalue weighted by atomic mass is 16.5. The van der Waals surface area contributed by atoms with Crippen molar-refractivity contribution in [2.24, 2.45) is 29.4 Å². The predicted octanol–water partition coefficient (Wildman–Crippen LogP) is 4.35. The minimum atomic E-state index is -0.130. The van der Waals surface area contributed by atoms with Crippen LogP contribution in [0.4, 0.5) is 0 Å². The number of ether oxygens (including phenoxy) is 3. The Kier molecular flexibility index (Phi) is 7.85. The summed E-state index contributed by atoms with van der Waals surface area (Å²) in [7, 11) is 3.39. The lowest BCUT2D eigenvalue weighted by atomic mass is 9.74. The van der Waals surface area contributed by atoms with E-state index in [-0.39, 0.29) is 17.9 Å². The van der Waals surface area contributed by atoms with Gasteiger partial charge in [0.1, 0.15) is 0 Å². The lowest BCUT2D eigenvalue weighted by Gasteiger charge is -2.47. The summed E-state index contributed by atoms with van der Waals surface area (Å²) < 4.78 is 17.1. The van der Waals surface area contributed by atoms with Gasteiger partial charge in [-0.1, -0.05) is 26.7 Å². The summed E-state index contributed by atoms with van der Waals surface area (Å²) in [5.74, 6) is 2.90. The van der Waals surface area contributed by atoms with Crippen molar-refractivity contribution in [3.05, 3.63) is 23.3 Å². The Morgan fingerprint density at radius 1 is 1.12 bits per heavy atom. The first-order valence-corrected chi connectivity index (χ1v) is 12.8. The zero-order valence-electron chi connectivity index (χ0n) is 20.8. The van der Waals surface area contributed by atoms with Gasteiger partial charge in [-0.25, -0.2) is 0 Å². The number of esters is 1. The molecule has 6 heteroatoms. The number of fused-ring (bicyclic) bond motifs is 3. The molecule has 1 aromatic rings. The molecule has 0 amide bonds. The second-order valence-electron chi connectivity index (χ2n) is 10.7. The van der Waals surface area contributed by atoms with E-state index in [0.29, 0.717) is 30.4 Å². The fourth-order valence-electron chi connectivity index (χ4n) is 6.33. The number of methoxy groups -OCH3 is 2. The third-order valence-electron chi connectivity index (χ3n) is 8.11. The molecule has 2 N–H and O–H groups in total. The van der Waals surface area contributed by atoms with Crippen molar-refractivity contribution in [3.63, 3.8) is 0 Å². The molecule has 0 aromatic heterocycles. The first kappa shape index (κ1) is 24.3. The molecule has 3 aliphatic rings. The number of hydrogen-bond acceptors (Lipinski definition) is 6. The van der Waals surface area contributed by atoms with Gasteiger partial charge in [-0.15, -0.1) is 0 Å². The molecule has 2 fully saturated rings. The molecule has 1 aliphatic carbocycles. The summed E-state index contributed by atoms with van der Waals surface area (Å²) in [6, 6.07) is 4.59. The van der Waals surface area contributed by atoms with Gasteiger partial charge < -0.3 is 19.9 Å². The maximum absolute atomic E-state index is 12.9. The van der Waals surface area contributed by atoms with Crippen LogP contribution in [0.5, 0.6) is 11.5 Å². The molecule has 0 radical (unpaired) electrons. The summed E-state index contributed by atoms with van der Waals surface area (Å²) >= 11 is 0. The van der Waals surface area contributed by atoms with Gasteiger partial charge in [0.15, 0.2) is 11.5 Å². The summed E-state index contributed by atoms with van der Waals surface area (Å²) in [6.07, 6.45) is 7.18. The van der Waals surface area contributed by atoms with Gasteiger partial charge in [-0.05, 0) is 73.1 Å². The van der Waals surface area contributed by atoms with Gasteiger partial charge in [0.2, 0.25) is 0 Å². The highest BCUT2D eigenvalue weighted by Gasteiger charge is 2.40. The van der Waals surface area contributed by atoms with E-state index in [0.717, 1.165) is 69.5 Å². The van der Waals surface area contributed by atoms with Crippen molar-refractivity contribution in [3.8, 4) is 11.5 Å². The minimum Gasteiger partial charge on any atom is -0.493 e. The first-order valence-electron chi connectivity index (χ1n) is 12.8. The van der Waals surface area contributed by atoms with Crippen molar-refractivity contribution in [2.45, 2.75) is 70.9 Å². The molecule has 4 rings (SSSR count). The Labute approximate surface area is 199 Å². The standard InChI is InChI=1S/C27H42N2O4/c1-17(2)11-19-15-29-10-9-18-13-25(31-3)26(32-4)14-22(18)24(29)12-20(19)16-33-27(30)21-7-5-6-8-23(21)28/h13-14,17,19-21,23-24H,5-12,15-16,28H2,1-4H3/t19?,20?,21-,23-,24?/m1/s1. The fraction of sp³-hybridized carbons (Fsp3) is 0.741. The van der Waals surface area contributed by atoms with Gasteiger partial charge in [-0.2, -0.15) is 0 Å². The molecular weight excluding hydrogens is 416 g/mol. The molecular formula is C27H42N2O4. The molecule has 3 unspecified atom stereocenters. The van der Waals surface area contributed by atoms with Gasteiger partial charge in [-0.3, -0.25) is 9.69 Å². The van der Waals surface area contributed by atoms with E-state index in [1.165, 1.54) is 11.1 Å². The van der Waals surface area contributed by atoms with Gasteiger partial charge in [0, 0.05) is 25.2 Å². The van der Waals surface area contributed by atoms with Gasteiger partial charge >= 0.3 is 5.97 Å². The van der Waals surface area contributed by atoms with Gasteiger partial charge in [0.25, 0.3) is 0 Å². The van der Waals surface area contributed by atoms with Crippen LogP contribution in [0, 0.1) is 23.7 Å². The van der Waals surface area contributed by atoms with E-state index in [1.54, 1.807) is 14.2 Å². The fourth-order valence-corrected chi connectivity index (χ4v) is 6.33. The highest BCUT2D eigenvalue weighted by molar-refractivity contribution is 5.73. The van der Waals surface area contributed by atoms with Crippen LogP contribution in [0.15, 0.2) is 12.1 Å². The zero-order chi connectivity index (χ0) is 23.5. The monoisotopic (exact) mass is 458 g/mol. The van der Waals surface area contributed by atoms with Crippen molar-refractivity contribution >= 4 is 5.97 Å². The number of nitrogens with two attached hydrogens (primary N) is 1. The third-order valence-corrected chi connectivity index (χ3v) is 8.11. The molecule has 1 aromatic carbocycles. The predicted molar refractivity (Wildman–Crippen MR) is 130 cm³/mol. The molecule has 0 spiro atoms. The normalized spacial score (nSPS) is 29.8. The molecule has 184 valence electrons. The number of nitrogens with zero attached hydrogens (tertiary/aromatic N) is 1. The van der Waals surface area contributed by atoms with E-state index in [2.05, 4.69) is 30.9 Å². The SMILES string of the molecule is COc1cc2c(cc1OC)C1CC(COC(=O)[C@@H]3CCCC[C@H]3N)C(CC(C)C)CN1CC2.